The van der Waals surface area contributed by atoms with Gasteiger partial charge in [-0.15, -0.1) is 0 Å². The third-order valence-electron chi connectivity index (χ3n) is 5.04. The molecule has 0 aliphatic rings. The van der Waals surface area contributed by atoms with E-state index >= 15 is 0 Å². The van der Waals surface area contributed by atoms with Gasteiger partial charge in [-0.3, -0.25) is 4.99 Å². The van der Waals surface area contributed by atoms with Gasteiger partial charge in [-0.1, -0.05) is 11.6 Å². The average molecular weight is 454 g/mol. The first-order chi connectivity index (χ1) is 15.4. The van der Waals surface area contributed by atoms with E-state index in [1.165, 1.54) is 19.5 Å². The number of aromatic nitrogens is 2. The number of aryl methyl sites for hydroxylation is 1. The smallest absolute Gasteiger partial charge is 0.328 e. The molecule has 2 aromatic heterocycles. The molecule has 0 spiro atoms. The number of nitrogens with zero attached hydrogens (tertiary/aromatic N) is 2. The molecule has 0 unspecified atom stereocenters. The highest BCUT2D eigenvalue weighted by atomic mass is 35.5. The quantitative estimate of drug-likeness (QED) is 0.404. The summed E-state index contributed by atoms with van der Waals surface area (Å²) in [6.07, 6.45) is 3.20. The van der Waals surface area contributed by atoms with E-state index in [4.69, 9.17) is 20.8 Å². The van der Waals surface area contributed by atoms with Crippen molar-refractivity contribution in [3.8, 4) is 22.8 Å². The minimum atomic E-state index is -1.07. The first-order valence-corrected chi connectivity index (χ1v) is 10.1. The highest BCUT2D eigenvalue weighted by molar-refractivity contribution is 6.32. The summed E-state index contributed by atoms with van der Waals surface area (Å²) < 4.78 is 11.3. The van der Waals surface area contributed by atoms with Gasteiger partial charge < -0.3 is 24.4 Å². The summed E-state index contributed by atoms with van der Waals surface area (Å²) in [6, 6.07) is 8.90. The van der Waals surface area contributed by atoms with Gasteiger partial charge in [0.25, 0.3) is 0 Å². The van der Waals surface area contributed by atoms with Crippen LogP contribution in [-0.4, -0.2) is 39.3 Å². The number of carboxylic acids is 1. The van der Waals surface area contributed by atoms with Crippen molar-refractivity contribution in [2.45, 2.75) is 19.4 Å². The summed E-state index contributed by atoms with van der Waals surface area (Å²) in [5.74, 6) is -0.358. The summed E-state index contributed by atoms with van der Waals surface area (Å²) in [5.41, 5.74) is 2.59. The average Bonchev–Trinajstić information content (AvgIpc) is 3.28. The van der Waals surface area contributed by atoms with Crippen LogP contribution in [0.15, 0.2) is 58.3 Å². The van der Waals surface area contributed by atoms with Crippen LogP contribution in [-0.2, 0) is 11.2 Å². The maximum Gasteiger partial charge on any atom is 0.328 e. The van der Waals surface area contributed by atoms with Gasteiger partial charge in [0.1, 0.15) is 11.3 Å². The van der Waals surface area contributed by atoms with Crippen LogP contribution in [0.2, 0.25) is 5.02 Å². The lowest BCUT2D eigenvalue weighted by Crippen LogP contribution is -2.24. The molecule has 0 saturated heterocycles. The van der Waals surface area contributed by atoms with Gasteiger partial charge in [0.05, 0.1) is 18.8 Å². The van der Waals surface area contributed by atoms with Crippen molar-refractivity contribution in [2.24, 2.45) is 4.99 Å². The molecule has 32 heavy (non-hydrogen) atoms. The number of aromatic hydroxyl groups is 1. The molecule has 1 atom stereocenters. The molecular weight excluding hydrogens is 434 g/mol. The van der Waals surface area contributed by atoms with Crippen molar-refractivity contribution in [2.75, 3.05) is 7.11 Å². The van der Waals surface area contributed by atoms with Gasteiger partial charge >= 0.3 is 5.97 Å². The Morgan fingerprint density at radius 3 is 2.81 bits per heavy atom. The number of imidazole rings is 1. The maximum atomic E-state index is 11.9. The lowest BCUT2D eigenvalue weighted by Gasteiger charge is -2.11. The summed E-state index contributed by atoms with van der Waals surface area (Å²) in [4.78, 5) is 23.3. The van der Waals surface area contributed by atoms with Gasteiger partial charge in [-0.25, -0.2) is 9.78 Å². The molecule has 4 aromatic rings. The number of nitrogens with one attached hydrogen (secondary N) is 1. The number of hydrogen-bond acceptors (Lipinski definition) is 6. The van der Waals surface area contributed by atoms with E-state index in [0.29, 0.717) is 38.4 Å². The van der Waals surface area contributed by atoms with E-state index in [0.717, 1.165) is 5.56 Å². The van der Waals surface area contributed by atoms with Crippen LogP contribution in [0.1, 0.15) is 11.3 Å². The van der Waals surface area contributed by atoms with Crippen LogP contribution in [0.3, 0.4) is 0 Å². The Kier molecular flexibility index (Phi) is 5.87. The summed E-state index contributed by atoms with van der Waals surface area (Å²) >= 11 is 6.33. The minimum absolute atomic E-state index is 0.00456. The van der Waals surface area contributed by atoms with Gasteiger partial charge in [0.15, 0.2) is 17.5 Å². The fourth-order valence-corrected chi connectivity index (χ4v) is 3.49. The number of aliphatic carboxylic acids is 1. The molecule has 2 aromatic carbocycles. The van der Waals surface area contributed by atoms with E-state index in [1.807, 2.05) is 6.92 Å². The number of rotatable bonds is 6. The molecule has 164 valence electrons. The number of hydrogen-bond donors (Lipinski definition) is 3. The zero-order valence-electron chi connectivity index (χ0n) is 17.3. The lowest BCUT2D eigenvalue weighted by molar-refractivity contribution is -0.138. The van der Waals surface area contributed by atoms with E-state index < -0.39 is 12.0 Å². The van der Waals surface area contributed by atoms with Crippen molar-refractivity contribution in [3.05, 3.63) is 70.6 Å². The molecule has 2 heterocycles. The number of aromatic amines is 1. The third-order valence-corrected chi connectivity index (χ3v) is 5.44. The summed E-state index contributed by atoms with van der Waals surface area (Å²) in [7, 11) is 1.45. The van der Waals surface area contributed by atoms with Crippen LogP contribution >= 0.6 is 11.6 Å². The number of fused-ring (bicyclic) bond motifs is 1. The lowest BCUT2D eigenvalue weighted by atomic mass is 10.1. The Labute approximate surface area is 187 Å². The molecule has 3 N–H and O–H groups in total. The number of phenolic OH excluding ortho intramolecular Hbond substituents is 1. The number of carboxylic acid groups (broad SMARTS) is 1. The Bertz CT molecular complexity index is 1360. The molecule has 4 rings (SSSR count). The van der Waals surface area contributed by atoms with Crippen LogP contribution in [0.4, 0.5) is 0 Å². The standard InChI is InChI=1S/C23H20ClN3O5/c1-12-5-21-15(8-16(12)24)17(27-18(23(29)30)7-14-10-25-11-26-14)9-20(32-21)13-3-4-19(28)22(6-13)31-2/h3-6,8-11,18,28H,7H2,1-2H3,(H,25,26)(H,29,30)/t18-/m1/s1. The van der Waals surface area contributed by atoms with Gasteiger partial charge in [-0.05, 0) is 42.8 Å². The number of phenols is 1. The minimum Gasteiger partial charge on any atom is -0.504 e. The maximum absolute atomic E-state index is 11.9. The highest BCUT2D eigenvalue weighted by Gasteiger charge is 2.19. The Morgan fingerprint density at radius 1 is 1.31 bits per heavy atom. The van der Waals surface area contributed by atoms with Crippen LogP contribution in [0.25, 0.3) is 22.3 Å². The summed E-state index contributed by atoms with van der Waals surface area (Å²) in [5, 5.41) is 21.2. The molecule has 0 fully saturated rings. The first kappa shape index (κ1) is 21.5. The molecule has 0 bridgehead atoms. The van der Waals surface area contributed by atoms with Crippen molar-refractivity contribution < 1.29 is 24.2 Å². The van der Waals surface area contributed by atoms with Gasteiger partial charge in [0, 0.05) is 40.4 Å². The second kappa shape index (κ2) is 8.76. The molecule has 0 aliphatic heterocycles. The van der Waals surface area contributed by atoms with Gasteiger partial charge in [0.2, 0.25) is 0 Å². The molecule has 8 nitrogen and oxygen atoms in total. The number of H-pyrrole nitrogens is 1. The fourth-order valence-electron chi connectivity index (χ4n) is 3.33. The van der Waals surface area contributed by atoms with Crippen molar-refractivity contribution in [3.63, 3.8) is 0 Å². The molecular formula is C23H20ClN3O5. The van der Waals surface area contributed by atoms with E-state index in [2.05, 4.69) is 15.0 Å². The normalized spacial score (nSPS) is 12.8. The zero-order valence-corrected chi connectivity index (χ0v) is 18.1. The number of benzene rings is 2. The van der Waals surface area contributed by atoms with E-state index in [-0.39, 0.29) is 17.9 Å². The molecule has 9 heteroatoms. The number of methoxy groups -OCH3 is 1. The van der Waals surface area contributed by atoms with E-state index in [1.54, 1.807) is 36.5 Å². The van der Waals surface area contributed by atoms with Crippen molar-refractivity contribution in [1.82, 2.24) is 9.97 Å². The SMILES string of the molecule is COc1cc(-c2cc(=N[C@H](Cc3cnc[nH]3)C(=O)O)c3cc(Cl)c(C)cc3o2)ccc1O. The largest absolute Gasteiger partial charge is 0.504 e. The number of carbonyl (C=O) groups is 1. The Morgan fingerprint density at radius 2 is 2.12 bits per heavy atom. The predicted octanol–water partition coefficient (Wildman–Crippen LogP) is 4.10. The second-order valence-corrected chi connectivity index (χ2v) is 7.65. The predicted molar refractivity (Wildman–Crippen MR) is 119 cm³/mol. The van der Waals surface area contributed by atoms with E-state index in [9.17, 15) is 15.0 Å². The molecule has 0 aliphatic carbocycles. The van der Waals surface area contributed by atoms with Crippen LogP contribution in [0.5, 0.6) is 11.5 Å². The Balaban J connectivity index is 1.94. The monoisotopic (exact) mass is 453 g/mol. The summed E-state index contributed by atoms with van der Waals surface area (Å²) in [6.45, 7) is 1.85. The van der Waals surface area contributed by atoms with Crippen LogP contribution in [0, 0.1) is 6.92 Å². The Hall–Kier alpha value is -3.78. The van der Waals surface area contributed by atoms with Crippen molar-refractivity contribution >= 4 is 28.5 Å². The number of ether oxygens (including phenoxy) is 1. The van der Waals surface area contributed by atoms with Gasteiger partial charge in [-0.2, -0.15) is 0 Å². The molecule has 0 saturated carbocycles. The van der Waals surface area contributed by atoms with Crippen molar-refractivity contribution in [1.29, 1.82) is 0 Å². The fraction of sp³-hybridized carbons (Fsp3) is 0.174. The first-order valence-electron chi connectivity index (χ1n) is 9.71. The number of halogens is 1. The molecule has 0 amide bonds. The second-order valence-electron chi connectivity index (χ2n) is 7.24. The van der Waals surface area contributed by atoms with Crippen LogP contribution < -0.4 is 10.1 Å². The highest BCUT2D eigenvalue weighted by Crippen LogP contribution is 2.32. The zero-order chi connectivity index (χ0) is 22.8. The molecule has 0 radical (unpaired) electrons. The third kappa shape index (κ3) is 4.31. The topological polar surface area (TPSA) is 121 Å².